The third-order valence-electron chi connectivity index (χ3n) is 2.93. The summed E-state index contributed by atoms with van der Waals surface area (Å²) in [6, 6.07) is 7.38. The number of nitrogens with two attached hydrogens (primary N) is 1. The van der Waals surface area contributed by atoms with Crippen LogP contribution in [0.25, 0.3) is 0 Å². The number of carbonyl (C=O) groups is 2. The topological polar surface area (TPSA) is 139 Å². The monoisotopic (exact) mass is 359 g/mol. The van der Waals surface area contributed by atoms with Gasteiger partial charge >= 0.3 is 22.3 Å². The molecule has 0 aliphatic rings. The fourth-order valence-electron chi connectivity index (χ4n) is 1.66. The summed E-state index contributed by atoms with van der Waals surface area (Å²) in [6.07, 6.45) is -0.677. The van der Waals surface area contributed by atoms with Crippen LogP contribution in [-0.4, -0.2) is 49.0 Å². The molecular weight excluding hydrogens is 338 g/mol. The molecule has 10 heteroatoms. The number of carbonyl (C=O) groups excluding carboxylic acids is 1. The lowest BCUT2D eigenvalue weighted by Crippen LogP contribution is -2.49. The molecule has 0 spiro atoms. The van der Waals surface area contributed by atoms with E-state index in [1.807, 2.05) is 4.72 Å². The van der Waals surface area contributed by atoms with E-state index in [4.69, 9.17) is 15.6 Å². The summed E-state index contributed by atoms with van der Waals surface area (Å²) in [5.74, 6) is -1.36. The number of benzene rings is 1. The fraction of sp³-hybridized carbons (Fsp3) is 0.429. The van der Waals surface area contributed by atoms with Crippen molar-refractivity contribution in [2.24, 2.45) is 5.73 Å². The summed E-state index contributed by atoms with van der Waals surface area (Å²) in [7, 11) is -4.25. The zero-order chi connectivity index (χ0) is 18.2. The van der Waals surface area contributed by atoms with Crippen LogP contribution in [0.2, 0.25) is 0 Å². The Labute approximate surface area is 140 Å². The van der Waals surface area contributed by atoms with Crippen LogP contribution >= 0.6 is 0 Å². The zero-order valence-corrected chi connectivity index (χ0v) is 14.0. The van der Waals surface area contributed by atoms with Crippen molar-refractivity contribution >= 4 is 22.3 Å². The zero-order valence-electron chi connectivity index (χ0n) is 13.2. The van der Waals surface area contributed by atoms with Crippen molar-refractivity contribution < 1.29 is 27.9 Å². The Kier molecular flexibility index (Phi) is 7.62. The van der Waals surface area contributed by atoms with Gasteiger partial charge in [0.05, 0.1) is 0 Å². The molecule has 0 bridgehead atoms. The van der Waals surface area contributed by atoms with Crippen LogP contribution in [0, 0.1) is 0 Å². The van der Waals surface area contributed by atoms with Crippen molar-refractivity contribution in [2.45, 2.75) is 26.0 Å². The van der Waals surface area contributed by atoms with Crippen LogP contribution in [0.5, 0.6) is 0 Å². The molecule has 0 radical (unpaired) electrons. The van der Waals surface area contributed by atoms with E-state index in [2.05, 4.69) is 0 Å². The molecule has 1 amide bonds. The Morgan fingerprint density at radius 1 is 1.33 bits per heavy atom. The molecule has 4 N–H and O–H groups in total. The molecule has 1 rings (SSSR count). The van der Waals surface area contributed by atoms with Crippen LogP contribution in [0.15, 0.2) is 30.3 Å². The van der Waals surface area contributed by atoms with Gasteiger partial charge in [-0.3, -0.25) is 4.79 Å². The molecule has 0 aromatic heterocycles. The largest absolute Gasteiger partial charge is 0.480 e. The van der Waals surface area contributed by atoms with Gasteiger partial charge in [0.25, 0.3) is 0 Å². The molecule has 0 unspecified atom stereocenters. The average molecular weight is 359 g/mol. The van der Waals surface area contributed by atoms with E-state index in [1.54, 1.807) is 37.3 Å². The molecule has 1 aromatic rings. The maximum Gasteiger partial charge on any atom is 0.424 e. The maximum absolute atomic E-state index is 12.2. The standard InChI is InChI=1S/C14H21N3O6S/c1-2-8-17(24(21,22)16-9-12(15)13(18)19)14(20)23-10-11-6-4-3-5-7-11/h3-7,12,16H,2,8-10,15H2,1H3,(H,18,19)/t12-/m0/s1. The number of nitrogens with zero attached hydrogens (tertiary/aromatic N) is 1. The van der Waals surface area contributed by atoms with Crippen LogP contribution in [0.4, 0.5) is 4.79 Å². The van der Waals surface area contributed by atoms with Crippen LogP contribution in [-0.2, 0) is 26.3 Å². The highest BCUT2D eigenvalue weighted by Crippen LogP contribution is 2.07. The van der Waals surface area contributed by atoms with Crippen molar-refractivity contribution in [2.75, 3.05) is 13.1 Å². The van der Waals surface area contributed by atoms with E-state index in [9.17, 15) is 18.0 Å². The van der Waals surface area contributed by atoms with Crippen LogP contribution in [0.1, 0.15) is 18.9 Å². The molecule has 9 nitrogen and oxygen atoms in total. The second-order valence-corrected chi connectivity index (χ2v) is 6.59. The summed E-state index contributed by atoms with van der Waals surface area (Å²) < 4.78 is 31.8. The summed E-state index contributed by atoms with van der Waals surface area (Å²) in [5, 5.41) is 8.68. The van der Waals surface area contributed by atoms with Crippen molar-refractivity contribution in [3.63, 3.8) is 0 Å². The Morgan fingerprint density at radius 2 is 1.96 bits per heavy atom. The highest BCUT2D eigenvalue weighted by atomic mass is 32.2. The SMILES string of the molecule is CCCN(C(=O)OCc1ccccc1)S(=O)(=O)NC[C@H](N)C(=O)O. The lowest BCUT2D eigenvalue weighted by Gasteiger charge is -2.22. The second kappa shape index (κ2) is 9.21. The minimum absolute atomic E-state index is 0.0793. The van der Waals surface area contributed by atoms with Crippen LogP contribution < -0.4 is 10.5 Å². The molecule has 0 saturated carbocycles. The van der Waals surface area contributed by atoms with Crippen molar-refractivity contribution in [1.29, 1.82) is 0 Å². The number of ether oxygens (including phenoxy) is 1. The molecule has 134 valence electrons. The minimum atomic E-state index is -4.25. The van der Waals surface area contributed by atoms with Crippen molar-refractivity contribution in [1.82, 2.24) is 9.03 Å². The number of aliphatic carboxylic acids is 1. The van der Waals surface area contributed by atoms with E-state index in [0.29, 0.717) is 16.3 Å². The van der Waals surface area contributed by atoms with Gasteiger partial charge in [-0.05, 0) is 12.0 Å². The first kappa shape index (κ1) is 19.9. The molecule has 0 saturated heterocycles. The van der Waals surface area contributed by atoms with Crippen molar-refractivity contribution in [3.05, 3.63) is 35.9 Å². The quantitative estimate of drug-likeness (QED) is 0.575. The second-order valence-electron chi connectivity index (χ2n) is 4.91. The lowest BCUT2D eigenvalue weighted by atomic mass is 10.2. The predicted molar refractivity (Wildman–Crippen MR) is 86.2 cm³/mol. The number of amides is 1. The summed E-state index contributed by atoms with van der Waals surface area (Å²) in [5.41, 5.74) is 5.96. The maximum atomic E-state index is 12.2. The smallest absolute Gasteiger partial charge is 0.424 e. The third kappa shape index (κ3) is 6.14. The Balaban J connectivity index is 2.72. The van der Waals surface area contributed by atoms with E-state index in [0.717, 1.165) is 0 Å². The number of hydrogen-bond acceptors (Lipinski definition) is 6. The molecule has 0 aliphatic carbocycles. The van der Waals surface area contributed by atoms with Gasteiger partial charge in [0.15, 0.2) is 0 Å². The molecule has 0 fully saturated rings. The minimum Gasteiger partial charge on any atom is -0.480 e. The summed E-state index contributed by atoms with van der Waals surface area (Å²) in [6.45, 7) is 0.967. The molecule has 1 aromatic carbocycles. The van der Waals surface area contributed by atoms with Gasteiger partial charge in [-0.2, -0.15) is 17.4 Å². The molecule has 0 heterocycles. The lowest BCUT2D eigenvalue weighted by molar-refractivity contribution is -0.138. The molecule has 24 heavy (non-hydrogen) atoms. The van der Waals surface area contributed by atoms with Gasteiger partial charge < -0.3 is 15.6 Å². The van der Waals surface area contributed by atoms with Gasteiger partial charge in [-0.1, -0.05) is 37.3 Å². The first-order chi connectivity index (χ1) is 11.3. The van der Waals surface area contributed by atoms with E-state index in [1.165, 1.54) is 0 Å². The van der Waals surface area contributed by atoms with Gasteiger partial charge in [-0.15, -0.1) is 0 Å². The third-order valence-corrected chi connectivity index (χ3v) is 4.37. The van der Waals surface area contributed by atoms with Gasteiger partial charge in [0, 0.05) is 13.1 Å². The predicted octanol–water partition coefficient (Wildman–Crippen LogP) is 0.282. The molecule has 0 aliphatic heterocycles. The van der Waals surface area contributed by atoms with Gasteiger partial charge in [0.1, 0.15) is 12.6 Å². The summed E-state index contributed by atoms with van der Waals surface area (Å²) in [4.78, 5) is 22.7. The number of carboxylic acid groups (broad SMARTS) is 1. The molecular formula is C14H21N3O6S. The number of rotatable bonds is 9. The number of carboxylic acids is 1. The van der Waals surface area contributed by atoms with Crippen molar-refractivity contribution in [3.8, 4) is 0 Å². The highest BCUT2D eigenvalue weighted by molar-refractivity contribution is 7.87. The fourth-order valence-corrected chi connectivity index (χ4v) is 2.88. The van der Waals surface area contributed by atoms with Gasteiger partial charge in [-0.25, -0.2) is 4.79 Å². The number of hydrogen-bond donors (Lipinski definition) is 3. The number of nitrogens with one attached hydrogen (secondary N) is 1. The average Bonchev–Trinajstić information content (AvgIpc) is 2.56. The first-order valence-corrected chi connectivity index (χ1v) is 8.68. The normalized spacial score (nSPS) is 12.4. The van der Waals surface area contributed by atoms with Crippen LogP contribution in [0.3, 0.4) is 0 Å². The van der Waals surface area contributed by atoms with Gasteiger partial charge in [0.2, 0.25) is 0 Å². The van der Waals surface area contributed by atoms with E-state index in [-0.39, 0.29) is 13.2 Å². The Bertz CT molecular complexity index is 650. The van der Waals surface area contributed by atoms with E-state index >= 15 is 0 Å². The highest BCUT2D eigenvalue weighted by Gasteiger charge is 2.29. The first-order valence-electron chi connectivity index (χ1n) is 7.24. The summed E-state index contributed by atoms with van der Waals surface area (Å²) >= 11 is 0. The molecule has 1 atom stereocenters. The Hall–Kier alpha value is -2.17. The van der Waals surface area contributed by atoms with E-state index < -0.39 is 34.9 Å². The Morgan fingerprint density at radius 3 is 2.50 bits per heavy atom.